The number of aromatic nitrogens is 2. The van der Waals surface area contributed by atoms with E-state index in [2.05, 4.69) is 57.5 Å². The second-order valence-electron chi connectivity index (χ2n) is 4.90. The average Bonchev–Trinajstić information content (AvgIpc) is 2.68. The van der Waals surface area contributed by atoms with Crippen molar-refractivity contribution in [2.24, 2.45) is 7.05 Å². The number of rotatable bonds is 4. The Hall–Kier alpha value is -1.13. The van der Waals surface area contributed by atoms with Crippen LogP contribution in [0.3, 0.4) is 0 Å². The predicted octanol–water partition coefficient (Wildman–Crippen LogP) is 3.30. The van der Waals surface area contributed by atoms with Crippen LogP contribution in [-0.4, -0.2) is 16.8 Å². The van der Waals surface area contributed by atoms with Gasteiger partial charge in [-0.15, -0.1) is 0 Å². The molecular weight excluding hydrogens is 302 g/mol. The molecule has 0 fully saturated rings. The van der Waals surface area contributed by atoms with Crippen LogP contribution in [0.25, 0.3) is 0 Å². The molecule has 0 spiro atoms. The van der Waals surface area contributed by atoms with Crippen molar-refractivity contribution in [2.75, 3.05) is 7.05 Å². The van der Waals surface area contributed by atoms with E-state index in [1.54, 1.807) is 0 Å². The highest BCUT2D eigenvalue weighted by Gasteiger charge is 2.15. The topological polar surface area (TPSA) is 29.9 Å². The van der Waals surface area contributed by atoms with Crippen LogP contribution in [0.5, 0.6) is 0 Å². The van der Waals surface area contributed by atoms with Gasteiger partial charge in [-0.25, -0.2) is 0 Å². The van der Waals surface area contributed by atoms with Crippen molar-refractivity contribution < 1.29 is 0 Å². The molecule has 0 radical (unpaired) electrons. The second-order valence-corrected chi connectivity index (χ2v) is 5.75. The molecule has 0 bridgehead atoms. The van der Waals surface area contributed by atoms with E-state index in [4.69, 9.17) is 0 Å². The van der Waals surface area contributed by atoms with Gasteiger partial charge in [0.25, 0.3) is 0 Å². The Morgan fingerprint density at radius 3 is 2.68 bits per heavy atom. The molecule has 1 unspecified atom stereocenters. The molecular formula is C15H20BrN3. The second kappa shape index (κ2) is 5.88. The lowest BCUT2D eigenvalue weighted by Gasteiger charge is -2.19. The van der Waals surface area contributed by atoms with E-state index >= 15 is 0 Å². The lowest BCUT2D eigenvalue weighted by molar-refractivity contribution is 0.559. The number of hydrogen-bond donors (Lipinski definition) is 1. The van der Waals surface area contributed by atoms with Gasteiger partial charge in [-0.2, -0.15) is 5.10 Å². The van der Waals surface area contributed by atoms with Crippen LogP contribution in [0.15, 0.2) is 28.7 Å². The Labute approximate surface area is 123 Å². The monoisotopic (exact) mass is 321 g/mol. The molecule has 3 nitrogen and oxygen atoms in total. The minimum absolute atomic E-state index is 0.298. The zero-order chi connectivity index (χ0) is 14.0. The summed E-state index contributed by atoms with van der Waals surface area (Å²) in [6.07, 6.45) is 0.936. The summed E-state index contributed by atoms with van der Waals surface area (Å²) in [5, 5.41) is 7.82. The first-order valence-corrected chi connectivity index (χ1v) is 7.24. The Morgan fingerprint density at radius 2 is 2.11 bits per heavy atom. The third-order valence-corrected chi connectivity index (χ3v) is 4.40. The maximum atomic E-state index is 4.41. The van der Waals surface area contributed by atoms with E-state index in [-0.39, 0.29) is 0 Å². The Morgan fingerprint density at radius 1 is 1.37 bits per heavy atom. The third-order valence-electron chi connectivity index (χ3n) is 3.55. The first kappa shape index (κ1) is 14.3. The maximum Gasteiger partial charge on any atom is 0.0596 e. The quantitative estimate of drug-likeness (QED) is 0.936. The lowest BCUT2D eigenvalue weighted by Crippen LogP contribution is -2.21. The Bertz CT molecular complexity index is 575. The fraction of sp³-hybridized carbons (Fsp3) is 0.400. The van der Waals surface area contributed by atoms with E-state index in [0.29, 0.717) is 6.04 Å². The van der Waals surface area contributed by atoms with Gasteiger partial charge in [0.1, 0.15) is 0 Å². The molecule has 0 aliphatic heterocycles. The molecule has 1 heterocycles. The molecule has 1 aromatic heterocycles. The highest BCUT2D eigenvalue weighted by Crippen LogP contribution is 2.26. The highest BCUT2D eigenvalue weighted by atomic mass is 79.9. The molecule has 2 rings (SSSR count). The molecule has 1 N–H and O–H groups in total. The summed E-state index contributed by atoms with van der Waals surface area (Å²) in [6, 6.07) is 8.81. The van der Waals surface area contributed by atoms with E-state index in [1.807, 2.05) is 25.7 Å². The predicted molar refractivity (Wildman–Crippen MR) is 82.3 cm³/mol. The zero-order valence-electron chi connectivity index (χ0n) is 11.9. The van der Waals surface area contributed by atoms with E-state index in [0.717, 1.165) is 16.6 Å². The largest absolute Gasteiger partial charge is 0.313 e. The number of aryl methyl sites for hydroxylation is 2. The van der Waals surface area contributed by atoms with Crippen LogP contribution in [0.4, 0.5) is 0 Å². The number of nitrogens with zero attached hydrogens (tertiary/aromatic N) is 2. The van der Waals surface area contributed by atoms with Crippen LogP contribution in [-0.2, 0) is 13.5 Å². The van der Waals surface area contributed by atoms with Crippen LogP contribution < -0.4 is 5.32 Å². The van der Waals surface area contributed by atoms with Crippen LogP contribution in [0.1, 0.15) is 28.6 Å². The number of benzene rings is 1. The zero-order valence-corrected chi connectivity index (χ0v) is 13.5. The number of hydrogen-bond acceptors (Lipinski definition) is 2. The number of halogens is 1. The van der Waals surface area contributed by atoms with Crippen LogP contribution in [0, 0.1) is 13.8 Å². The Balaban J connectivity index is 2.30. The number of likely N-dealkylation sites (N-methyl/N-ethyl adjacent to an activating group) is 1. The van der Waals surface area contributed by atoms with Crippen molar-refractivity contribution in [3.05, 3.63) is 51.3 Å². The van der Waals surface area contributed by atoms with Gasteiger partial charge in [0.2, 0.25) is 0 Å². The SMILES string of the molecule is CNC(Cc1cc(C)nn1C)c1cccc(Br)c1C. The highest BCUT2D eigenvalue weighted by molar-refractivity contribution is 9.10. The first-order valence-electron chi connectivity index (χ1n) is 6.44. The van der Waals surface area contributed by atoms with Crippen molar-refractivity contribution in [1.82, 2.24) is 15.1 Å². The summed E-state index contributed by atoms with van der Waals surface area (Å²) in [7, 11) is 4.01. The maximum absolute atomic E-state index is 4.41. The van der Waals surface area contributed by atoms with Crippen molar-refractivity contribution in [3.8, 4) is 0 Å². The van der Waals surface area contributed by atoms with Gasteiger partial charge in [-0.3, -0.25) is 4.68 Å². The van der Waals surface area contributed by atoms with Gasteiger partial charge in [0.15, 0.2) is 0 Å². The summed E-state index contributed by atoms with van der Waals surface area (Å²) in [4.78, 5) is 0. The summed E-state index contributed by atoms with van der Waals surface area (Å²) in [5.74, 6) is 0. The molecule has 0 aliphatic carbocycles. The summed E-state index contributed by atoms with van der Waals surface area (Å²) in [6.45, 7) is 4.18. The van der Waals surface area contributed by atoms with Gasteiger partial charge in [0.05, 0.1) is 5.69 Å². The number of nitrogens with one attached hydrogen (secondary N) is 1. The minimum Gasteiger partial charge on any atom is -0.313 e. The first-order chi connectivity index (χ1) is 9.02. The molecule has 19 heavy (non-hydrogen) atoms. The normalized spacial score (nSPS) is 12.7. The van der Waals surface area contributed by atoms with Crippen LogP contribution in [0.2, 0.25) is 0 Å². The smallest absolute Gasteiger partial charge is 0.0596 e. The molecule has 102 valence electrons. The standard InChI is InChI=1S/C15H20BrN3/c1-10-8-12(19(4)18-10)9-15(17-3)13-6-5-7-14(16)11(13)2/h5-8,15,17H,9H2,1-4H3. The van der Waals surface area contributed by atoms with Crippen molar-refractivity contribution in [2.45, 2.75) is 26.3 Å². The summed E-state index contributed by atoms with van der Waals surface area (Å²) in [5.41, 5.74) is 4.94. The molecule has 2 aromatic rings. The van der Waals surface area contributed by atoms with E-state index in [1.165, 1.54) is 16.8 Å². The van der Waals surface area contributed by atoms with E-state index < -0.39 is 0 Å². The molecule has 0 amide bonds. The third kappa shape index (κ3) is 3.07. The molecule has 0 saturated carbocycles. The van der Waals surface area contributed by atoms with Crippen molar-refractivity contribution >= 4 is 15.9 Å². The van der Waals surface area contributed by atoms with Crippen LogP contribution >= 0.6 is 15.9 Å². The van der Waals surface area contributed by atoms with Gasteiger partial charge >= 0.3 is 0 Å². The minimum atomic E-state index is 0.298. The fourth-order valence-electron chi connectivity index (χ4n) is 2.43. The van der Waals surface area contributed by atoms with E-state index in [9.17, 15) is 0 Å². The van der Waals surface area contributed by atoms with Gasteiger partial charge in [-0.1, -0.05) is 28.1 Å². The average molecular weight is 322 g/mol. The van der Waals surface area contributed by atoms with Crippen molar-refractivity contribution in [1.29, 1.82) is 0 Å². The molecule has 1 atom stereocenters. The summed E-state index contributed by atoms with van der Waals surface area (Å²) < 4.78 is 3.12. The fourth-order valence-corrected chi connectivity index (χ4v) is 2.82. The van der Waals surface area contributed by atoms with Gasteiger partial charge < -0.3 is 5.32 Å². The molecule has 1 aromatic carbocycles. The van der Waals surface area contributed by atoms with Crippen molar-refractivity contribution in [3.63, 3.8) is 0 Å². The molecule has 0 saturated heterocycles. The molecule has 0 aliphatic rings. The van der Waals surface area contributed by atoms with Gasteiger partial charge in [0, 0.05) is 29.7 Å². The lowest BCUT2D eigenvalue weighted by atomic mass is 9.97. The Kier molecular flexibility index (Phi) is 4.42. The molecule has 4 heteroatoms. The summed E-state index contributed by atoms with van der Waals surface area (Å²) >= 11 is 3.60. The van der Waals surface area contributed by atoms with Gasteiger partial charge in [-0.05, 0) is 44.2 Å².